The van der Waals surface area contributed by atoms with Gasteiger partial charge in [0.15, 0.2) is 0 Å². The van der Waals surface area contributed by atoms with E-state index in [1.54, 1.807) is 23.6 Å². The molecule has 0 aliphatic heterocycles. The van der Waals surface area contributed by atoms with Crippen LogP contribution >= 0.6 is 0 Å². The second-order valence-electron chi connectivity index (χ2n) is 6.78. The molecule has 3 N–H and O–H groups in total. The summed E-state index contributed by atoms with van der Waals surface area (Å²) in [5.74, 6) is -1.15. The van der Waals surface area contributed by atoms with E-state index in [0.29, 0.717) is 17.5 Å². The molecule has 7 heteroatoms. The van der Waals surface area contributed by atoms with Crippen LogP contribution in [0.5, 0.6) is 0 Å². The minimum absolute atomic E-state index is 0.0119. The maximum atomic E-state index is 12.3. The first kappa shape index (κ1) is 17.3. The van der Waals surface area contributed by atoms with Gasteiger partial charge in [0.05, 0.1) is 11.0 Å². The molecule has 1 aromatic carbocycles. The summed E-state index contributed by atoms with van der Waals surface area (Å²) in [6, 6.07) is 5.20. The molecular weight excluding hydrogens is 322 g/mol. The molecular formula is C18H23N3O4. The SMILES string of the molecule is CC(CCC(=O)O)NC(=O)c1ccc2c(c1)[nH]c(=O)n2C1CCCC1. The second-order valence-corrected chi connectivity index (χ2v) is 6.78. The number of carboxylic acids is 1. The average molecular weight is 345 g/mol. The van der Waals surface area contributed by atoms with Crippen molar-refractivity contribution in [2.45, 2.75) is 57.5 Å². The highest BCUT2D eigenvalue weighted by Crippen LogP contribution is 2.30. The Morgan fingerprint density at radius 2 is 2.08 bits per heavy atom. The molecule has 0 saturated heterocycles. The van der Waals surface area contributed by atoms with Gasteiger partial charge in [-0.3, -0.25) is 14.2 Å². The van der Waals surface area contributed by atoms with Crippen LogP contribution in [0.15, 0.2) is 23.0 Å². The third kappa shape index (κ3) is 3.75. The monoisotopic (exact) mass is 345 g/mol. The lowest BCUT2D eigenvalue weighted by molar-refractivity contribution is -0.137. The van der Waals surface area contributed by atoms with Gasteiger partial charge in [0, 0.05) is 24.1 Å². The molecule has 1 atom stereocenters. The van der Waals surface area contributed by atoms with Gasteiger partial charge >= 0.3 is 11.7 Å². The number of nitrogens with one attached hydrogen (secondary N) is 2. The van der Waals surface area contributed by atoms with Crippen LogP contribution < -0.4 is 11.0 Å². The number of carboxylic acid groups (broad SMARTS) is 1. The van der Waals surface area contributed by atoms with Crippen LogP contribution in [0.2, 0.25) is 0 Å². The summed E-state index contributed by atoms with van der Waals surface area (Å²) in [6.45, 7) is 1.78. The molecule has 1 saturated carbocycles. The van der Waals surface area contributed by atoms with Crippen LogP contribution in [0.1, 0.15) is 61.8 Å². The van der Waals surface area contributed by atoms with Gasteiger partial charge in [-0.25, -0.2) is 4.79 Å². The van der Waals surface area contributed by atoms with E-state index in [0.717, 1.165) is 31.2 Å². The largest absolute Gasteiger partial charge is 0.481 e. The van der Waals surface area contributed by atoms with Crippen LogP contribution in [-0.4, -0.2) is 32.6 Å². The van der Waals surface area contributed by atoms with Gasteiger partial charge < -0.3 is 15.4 Å². The number of H-pyrrole nitrogens is 1. The van der Waals surface area contributed by atoms with E-state index in [2.05, 4.69) is 10.3 Å². The molecule has 0 radical (unpaired) electrons. The quantitative estimate of drug-likeness (QED) is 0.748. The summed E-state index contributed by atoms with van der Waals surface area (Å²) < 4.78 is 1.81. The molecule has 134 valence electrons. The predicted octanol–water partition coefficient (Wildman–Crippen LogP) is 2.43. The average Bonchev–Trinajstić information content (AvgIpc) is 3.18. The molecule has 1 aliphatic carbocycles. The topological polar surface area (TPSA) is 104 Å². The van der Waals surface area contributed by atoms with Gasteiger partial charge in [0.25, 0.3) is 5.91 Å². The minimum atomic E-state index is -0.881. The van der Waals surface area contributed by atoms with Gasteiger partial charge in [-0.2, -0.15) is 0 Å². The highest BCUT2D eigenvalue weighted by atomic mass is 16.4. The molecule has 0 spiro atoms. The lowest BCUT2D eigenvalue weighted by atomic mass is 10.1. The van der Waals surface area contributed by atoms with Crippen molar-refractivity contribution < 1.29 is 14.7 Å². The summed E-state index contributed by atoms with van der Waals surface area (Å²) in [5, 5.41) is 11.5. The molecule has 1 fully saturated rings. The maximum Gasteiger partial charge on any atom is 0.326 e. The van der Waals surface area contributed by atoms with Crippen molar-refractivity contribution >= 4 is 22.9 Å². The van der Waals surface area contributed by atoms with Crippen LogP contribution in [0, 0.1) is 0 Å². The molecule has 3 rings (SSSR count). The Balaban J connectivity index is 1.78. The number of imidazole rings is 1. The number of carbonyl (C=O) groups excluding carboxylic acids is 1. The number of hydrogen-bond donors (Lipinski definition) is 3. The summed E-state index contributed by atoms with van der Waals surface area (Å²) in [4.78, 5) is 38.1. The van der Waals surface area contributed by atoms with Crippen LogP contribution in [0.4, 0.5) is 0 Å². The van der Waals surface area contributed by atoms with Crippen molar-refractivity contribution in [2.75, 3.05) is 0 Å². The van der Waals surface area contributed by atoms with E-state index in [-0.39, 0.29) is 30.1 Å². The number of nitrogens with zero attached hydrogens (tertiary/aromatic N) is 1. The zero-order valence-corrected chi connectivity index (χ0v) is 14.2. The molecule has 1 heterocycles. The van der Waals surface area contributed by atoms with Gasteiger partial charge in [-0.1, -0.05) is 12.8 Å². The van der Waals surface area contributed by atoms with E-state index in [1.165, 1.54) is 0 Å². The summed E-state index contributed by atoms with van der Waals surface area (Å²) in [7, 11) is 0. The van der Waals surface area contributed by atoms with E-state index in [9.17, 15) is 14.4 Å². The fraction of sp³-hybridized carbons (Fsp3) is 0.500. The third-order valence-electron chi connectivity index (χ3n) is 4.84. The van der Waals surface area contributed by atoms with Crippen molar-refractivity contribution in [3.05, 3.63) is 34.2 Å². The minimum Gasteiger partial charge on any atom is -0.481 e. The van der Waals surface area contributed by atoms with Crippen molar-refractivity contribution in [3.63, 3.8) is 0 Å². The maximum absolute atomic E-state index is 12.3. The first-order valence-corrected chi connectivity index (χ1v) is 8.72. The Labute approximate surface area is 145 Å². The van der Waals surface area contributed by atoms with Gasteiger partial charge in [-0.05, 0) is 44.4 Å². The Morgan fingerprint density at radius 1 is 1.36 bits per heavy atom. The number of aliphatic carboxylic acids is 1. The van der Waals surface area contributed by atoms with E-state index in [4.69, 9.17) is 5.11 Å². The van der Waals surface area contributed by atoms with Crippen LogP contribution in [0.25, 0.3) is 11.0 Å². The fourth-order valence-corrected chi connectivity index (χ4v) is 3.52. The zero-order chi connectivity index (χ0) is 18.0. The lowest BCUT2D eigenvalue weighted by Gasteiger charge is -2.13. The first-order valence-electron chi connectivity index (χ1n) is 8.72. The van der Waals surface area contributed by atoms with E-state index >= 15 is 0 Å². The first-order chi connectivity index (χ1) is 12.0. The van der Waals surface area contributed by atoms with Crippen molar-refractivity contribution in [2.24, 2.45) is 0 Å². The van der Waals surface area contributed by atoms with Crippen LogP contribution in [0.3, 0.4) is 0 Å². The van der Waals surface area contributed by atoms with Crippen molar-refractivity contribution in [1.82, 2.24) is 14.9 Å². The van der Waals surface area contributed by atoms with E-state index < -0.39 is 5.97 Å². The Hall–Kier alpha value is -2.57. The van der Waals surface area contributed by atoms with Gasteiger partial charge in [0.2, 0.25) is 0 Å². The van der Waals surface area contributed by atoms with E-state index in [1.807, 2.05) is 6.07 Å². The Kier molecular flexibility index (Phi) is 4.92. The standard InChI is InChI=1S/C18H23N3O4/c1-11(6-9-16(22)23)19-17(24)12-7-8-15-14(10-12)20-18(25)21(15)13-4-2-3-5-13/h7-8,10-11,13H,2-6,9H2,1H3,(H,19,24)(H,20,25)(H,22,23). The number of benzene rings is 1. The van der Waals surface area contributed by atoms with Gasteiger partial charge in [0.1, 0.15) is 0 Å². The second kappa shape index (κ2) is 7.13. The van der Waals surface area contributed by atoms with Crippen molar-refractivity contribution in [3.8, 4) is 0 Å². The number of aromatic amines is 1. The zero-order valence-electron chi connectivity index (χ0n) is 14.2. The lowest BCUT2D eigenvalue weighted by Crippen LogP contribution is -2.32. The summed E-state index contributed by atoms with van der Waals surface area (Å²) in [5.41, 5.74) is 1.80. The Bertz CT molecular complexity index is 846. The number of aromatic nitrogens is 2. The number of fused-ring (bicyclic) bond motifs is 1. The predicted molar refractivity (Wildman–Crippen MR) is 93.9 cm³/mol. The normalized spacial score (nSPS) is 16.2. The molecule has 1 aliphatic rings. The molecule has 1 aromatic heterocycles. The van der Waals surface area contributed by atoms with Crippen LogP contribution in [-0.2, 0) is 4.79 Å². The molecule has 0 bridgehead atoms. The highest BCUT2D eigenvalue weighted by Gasteiger charge is 2.21. The summed E-state index contributed by atoms with van der Waals surface area (Å²) in [6.07, 6.45) is 4.68. The summed E-state index contributed by atoms with van der Waals surface area (Å²) >= 11 is 0. The van der Waals surface area contributed by atoms with Gasteiger partial charge in [-0.15, -0.1) is 0 Å². The molecule has 7 nitrogen and oxygen atoms in total. The highest BCUT2D eigenvalue weighted by molar-refractivity contribution is 5.97. The van der Waals surface area contributed by atoms with Crippen molar-refractivity contribution in [1.29, 1.82) is 0 Å². The Morgan fingerprint density at radius 3 is 2.76 bits per heavy atom. The number of rotatable bonds is 6. The molecule has 2 aromatic rings. The third-order valence-corrected chi connectivity index (χ3v) is 4.84. The smallest absolute Gasteiger partial charge is 0.326 e. The number of carbonyl (C=O) groups is 2. The number of hydrogen-bond acceptors (Lipinski definition) is 3. The molecule has 1 amide bonds. The molecule has 1 unspecified atom stereocenters. The molecule has 25 heavy (non-hydrogen) atoms. The fourth-order valence-electron chi connectivity index (χ4n) is 3.52. The number of amides is 1.